The van der Waals surface area contributed by atoms with Crippen molar-refractivity contribution >= 4 is 27.7 Å². The van der Waals surface area contributed by atoms with Gasteiger partial charge in [-0.2, -0.15) is 0 Å². The molecule has 0 saturated heterocycles. The summed E-state index contributed by atoms with van der Waals surface area (Å²) >= 11 is 5.62. The molecule has 1 aromatic carbocycles. The van der Waals surface area contributed by atoms with Crippen molar-refractivity contribution in [2.24, 2.45) is 5.41 Å². The lowest BCUT2D eigenvalue weighted by atomic mass is 9.85. The minimum atomic E-state index is 0.469. The first-order valence-electron chi connectivity index (χ1n) is 5.94. The number of rotatable bonds is 7. The zero-order valence-electron chi connectivity index (χ0n) is 10.2. The quantitative estimate of drug-likeness (QED) is 0.482. The summed E-state index contributed by atoms with van der Waals surface area (Å²) in [6, 6.07) is 10.7. The first-order valence-corrected chi connectivity index (χ1v) is 8.05. The second-order valence-electron chi connectivity index (χ2n) is 4.61. The number of hydrogen-bond acceptors (Lipinski definition) is 1. The summed E-state index contributed by atoms with van der Waals surface area (Å²) in [7, 11) is 0. The molecule has 90 valence electrons. The Morgan fingerprint density at radius 2 is 1.88 bits per heavy atom. The molecule has 1 aromatic rings. The van der Waals surface area contributed by atoms with E-state index in [4.69, 9.17) is 0 Å². The third-order valence-corrected chi connectivity index (χ3v) is 5.26. The smallest absolute Gasteiger partial charge is 0.00856 e. The third-order valence-electron chi connectivity index (χ3n) is 2.89. The Hall–Kier alpha value is 0.0500. The van der Waals surface area contributed by atoms with Gasteiger partial charge in [-0.05, 0) is 36.1 Å². The molecule has 0 aromatic heterocycles. The summed E-state index contributed by atoms with van der Waals surface area (Å²) < 4.78 is 0. The first-order chi connectivity index (χ1) is 7.70. The normalized spacial score (nSPS) is 14.7. The molecule has 0 spiro atoms. The van der Waals surface area contributed by atoms with E-state index in [-0.39, 0.29) is 0 Å². The van der Waals surface area contributed by atoms with Crippen LogP contribution in [0, 0.1) is 5.41 Å². The van der Waals surface area contributed by atoms with E-state index in [1.54, 1.807) is 0 Å². The SMILES string of the molecule is CCCC(C)(CBr)CCSc1ccccc1. The lowest BCUT2D eigenvalue weighted by Gasteiger charge is -2.26. The topological polar surface area (TPSA) is 0 Å². The van der Waals surface area contributed by atoms with E-state index in [2.05, 4.69) is 60.1 Å². The molecule has 1 atom stereocenters. The fourth-order valence-corrected chi connectivity index (χ4v) is 3.54. The molecule has 0 fully saturated rings. The molecule has 0 aliphatic heterocycles. The average molecular weight is 301 g/mol. The Balaban J connectivity index is 2.34. The van der Waals surface area contributed by atoms with Crippen molar-refractivity contribution in [3.63, 3.8) is 0 Å². The molecule has 2 heteroatoms. The second kappa shape index (κ2) is 7.39. The Labute approximate surface area is 112 Å². The third kappa shape index (κ3) is 4.92. The monoisotopic (exact) mass is 300 g/mol. The van der Waals surface area contributed by atoms with Crippen LogP contribution in [-0.2, 0) is 0 Å². The summed E-state index contributed by atoms with van der Waals surface area (Å²) in [5.74, 6) is 1.21. The van der Waals surface area contributed by atoms with E-state index >= 15 is 0 Å². The van der Waals surface area contributed by atoms with Gasteiger partial charge >= 0.3 is 0 Å². The summed E-state index contributed by atoms with van der Waals surface area (Å²) in [6.45, 7) is 4.65. The van der Waals surface area contributed by atoms with Crippen molar-refractivity contribution in [2.75, 3.05) is 11.1 Å². The van der Waals surface area contributed by atoms with E-state index in [1.165, 1.54) is 29.9 Å². The van der Waals surface area contributed by atoms with Crippen LogP contribution < -0.4 is 0 Å². The number of benzene rings is 1. The maximum Gasteiger partial charge on any atom is 0.00856 e. The molecule has 0 amide bonds. The van der Waals surface area contributed by atoms with Crippen LogP contribution in [0.25, 0.3) is 0 Å². The van der Waals surface area contributed by atoms with E-state index in [9.17, 15) is 0 Å². The molecule has 0 nitrogen and oxygen atoms in total. The minimum absolute atomic E-state index is 0.469. The maximum absolute atomic E-state index is 3.65. The van der Waals surface area contributed by atoms with Crippen molar-refractivity contribution in [1.29, 1.82) is 0 Å². The van der Waals surface area contributed by atoms with Crippen LogP contribution >= 0.6 is 27.7 Å². The van der Waals surface area contributed by atoms with Gasteiger partial charge in [-0.15, -0.1) is 11.8 Å². The molecule has 0 N–H and O–H groups in total. The standard InChI is InChI=1S/C14H21BrS/c1-3-9-14(2,12-15)10-11-16-13-7-5-4-6-8-13/h4-8H,3,9-12H2,1-2H3. The zero-order valence-corrected chi connectivity index (χ0v) is 12.6. The fraction of sp³-hybridized carbons (Fsp3) is 0.571. The number of halogens is 1. The highest BCUT2D eigenvalue weighted by molar-refractivity contribution is 9.09. The van der Waals surface area contributed by atoms with Crippen molar-refractivity contribution in [3.05, 3.63) is 30.3 Å². The molecule has 0 radical (unpaired) electrons. The van der Waals surface area contributed by atoms with Crippen molar-refractivity contribution in [1.82, 2.24) is 0 Å². The van der Waals surface area contributed by atoms with Crippen LogP contribution in [0.15, 0.2) is 35.2 Å². The van der Waals surface area contributed by atoms with Gasteiger partial charge in [0, 0.05) is 10.2 Å². The average Bonchev–Trinajstić information content (AvgIpc) is 2.31. The van der Waals surface area contributed by atoms with E-state index in [1.807, 2.05) is 11.8 Å². The summed E-state index contributed by atoms with van der Waals surface area (Å²) in [5, 5.41) is 1.11. The van der Waals surface area contributed by atoms with Gasteiger partial charge in [-0.3, -0.25) is 0 Å². The van der Waals surface area contributed by atoms with Gasteiger partial charge in [-0.25, -0.2) is 0 Å². The largest absolute Gasteiger partial charge is 0.126 e. The molecule has 0 aliphatic rings. The molecule has 1 unspecified atom stereocenters. The van der Waals surface area contributed by atoms with Gasteiger partial charge in [0.05, 0.1) is 0 Å². The highest BCUT2D eigenvalue weighted by Crippen LogP contribution is 2.32. The molecule has 0 heterocycles. The maximum atomic E-state index is 3.65. The molecule has 0 saturated carbocycles. The molecular formula is C14H21BrS. The summed E-state index contributed by atoms with van der Waals surface area (Å²) in [4.78, 5) is 1.39. The molecule has 0 aliphatic carbocycles. The lowest BCUT2D eigenvalue weighted by molar-refractivity contribution is 0.333. The molecule has 1 rings (SSSR count). The lowest BCUT2D eigenvalue weighted by Crippen LogP contribution is -2.18. The van der Waals surface area contributed by atoms with Gasteiger partial charge in [0.15, 0.2) is 0 Å². The van der Waals surface area contributed by atoms with E-state index in [0.717, 1.165) is 5.33 Å². The predicted molar refractivity (Wildman–Crippen MR) is 78.6 cm³/mol. The van der Waals surface area contributed by atoms with Crippen molar-refractivity contribution in [2.45, 2.75) is 38.0 Å². The second-order valence-corrected chi connectivity index (χ2v) is 6.33. The highest BCUT2D eigenvalue weighted by Gasteiger charge is 2.21. The predicted octanol–water partition coefficient (Wildman–Crippen LogP) is 5.37. The van der Waals surface area contributed by atoms with Gasteiger partial charge in [0.2, 0.25) is 0 Å². The summed E-state index contributed by atoms with van der Waals surface area (Å²) in [5.41, 5.74) is 0.469. The van der Waals surface area contributed by atoms with Crippen molar-refractivity contribution < 1.29 is 0 Å². The van der Waals surface area contributed by atoms with Crippen molar-refractivity contribution in [3.8, 4) is 0 Å². The van der Waals surface area contributed by atoms with Crippen LogP contribution in [0.2, 0.25) is 0 Å². The van der Waals surface area contributed by atoms with Gasteiger partial charge in [0.25, 0.3) is 0 Å². The van der Waals surface area contributed by atoms with Crippen LogP contribution in [0.3, 0.4) is 0 Å². The van der Waals surface area contributed by atoms with Crippen LogP contribution in [0.1, 0.15) is 33.1 Å². The number of thioether (sulfide) groups is 1. The molecular weight excluding hydrogens is 280 g/mol. The molecule has 0 bridgehead atoms. The van der Waals surface area contributed by atoms with E-state index in [0.29, 0.717) is 5.41 Å². The zero-order chi connectivity index (χ0) is 11.9. The number of alkyl halides is 1. The minimum Gasteiger partial charge on any atom is -0.126 e. The first kappa shape index (κ1) is 14.1. The number of hydrogen-bond donors (Lipinski definition) is 0. The Morgan fingerprint density at radius 3 is 2.44 bits per heavy atom. The van der Waals surface area contributed by atoms with Gasteiger partial charge in [0.1, 0.15) is 0 Å². The van der Waals surface area contributed by atoms with Crippen LogP contribution in [0.4, 0.5) is 0 Å². The van der Waals surface area contributed by atoms with Crippen LogP contribution in [-0.4, -0.2) is 11.1 Å². The van der Waals surface area contributed by atoms with Gasteiger partial charge in [-0.1, -0.05) is 54.4 Å². The fourth-order valence-electron chi connectivity index (χ4n) is 1.79. The van der Waals surface area contributed by atoms with Crippen LogP contribution in [0.5, 0.6) is 0 Å². The van der Waals surface area contributed by atoms with Gasteiger partial charge < -0.3 is 0 Å². The summed E-state index contributed by atoms with van der Waals surface area (Å²) in [6.07, 6.45) is 3.87. The Kier molecular flexibility index (Phi) is 6.52. The molecule has 16 heavy (non-hydrogen) atoms. The Morgan fingerprint density at radius 1 is 1.19 bits per heavy atom. The highest BCUT2D eigenvalue weighted by atomic mass is 79.9. The Bertz CT molecular complexity index is 286. The van der Waals surface area contributed by atoms with E-state index < -0.39 is 0 Å².